The van der Waals surface area contributed by atoms with Crippen LogP contribution in [0.15, 0.2) is 12.1 Å². The molecule has 2 heteroatoms. The summed E-state index contributed by atoms with van der Waals surface area (Å²) in [7, 11) is 2.04. The van der Waals surface area contributed by atoms with Crippen LogP contribution in [0.1, 0.15) is 13.3 Å². The average molecular weight is 111 g/mol. The van der Waals surface area contributed by atoms with Crippen LogP contribution >= 0.6 is 0 Å². The number of nitrogens with one attached hydrogen (secondary N) is 1. The van der Waals surface area contributed by atoms with Crippen LogP contribution in [0.3, 0.4) is 0 Å². The lowest BCUT2D eigenvalue weighted by atomic mass is 10.1. The zero-order valence-corrected chi connectivity index (χ0v) is 5.78. The second-order valence-electron chi connectivity index (χ2n) is 1.77. The Balaban J connectivity index is 2.72. The van der Waals surface area contributed by atoms with Gasteiger partial charge in [-0.05, 0) is 13.0 Å². The third kappa shape index (κ3) is 5.76. The molecule has 0 fully saturated rings. The van der Waals surface area contributed by atoms with Crippen LogP contribution in [0.25, 0.3) is 0 Å². The maximum absolute atomic E-state index is 3.25. The van der Waals surface area contributed by atoms with E-state index in [4.69, 9.17) is 0 Å². The van der Waals surface area contributed by atoms with Crippen molar-refractivity contribution in [3.63, 3.8) is 0 Å². The highest BCUT2D eigenvalue weighted by atomic mass is 14.8. The van der Waals surface area contributed by atoms with E-state index in [0.29, 0.717) is 0 Å². The summed E-state index contributed by atoms with van der Waals surface area (Å²) in [6, 6.07) is 0. The number of hydrogen-bond donors (Lipinski definition) is 1. The summed E-state index contributed by atoms with van der Waals surface area (Å²) in [6.45, 7) is 4.32. The molecule has 0 aliphatic carbocycles. The Labute approximate surface area is 52.6 Å². The Kier molecular flexibility index (Phi) is 6.57. The van der Waals surface area contributed by atoms with Gasteiger partial charge in [-0.15, -0.1) is 5.98 Å². The van der Waals surface area contributed by atoms with Crippen molar-refractivity contribution < 1.29 is 0 Å². The lowest BCUT2D eigenvalue weighted by Crippen LogP contribution is -2.13. The van der Waals surface area contributed by atoms with E-state index in [1.54, 1.807) is 0 Å². The molecule has 0 aromatic carbocycles. The first-order valence-corrected chi connectivity index (χ1v) is 3.23. The van der Waals surface area contributed by atoms with Gasteiger partial charge in [0.25, 0.3) is 0 Å². The minimum atomic E-state index is 1.02. The second kappa shape index (κ2) is 6.76. The lowest BCUT2D eigenvalue weighted by Gasteiger charge is -1.94. The topological polar surface area (TPSA) is 12.0 Å². The largest absolute Gasteiger partial charge is 0.313 e. The number of hydrogen-bond acceptors (Lipinski definition) is 1. The summed E-state index contributed by atoms with van der Waals surface area (Å²) in [5, 5.41) is 3.25. The Hall–Kier alpha value is -0.235. The first-order chi connectivity index (χ1) is 3.91. The van der Waals surface area contributed by atoms with Crippen LogP contribution in [0.4, 0.5) is 0 Å². The van der Waals surface area contributed by atoms with Gasteiger partial charge in [0.15, 0.2) is 0 Å². The zero-order chi connectivity index (χ0) is 6.24. The summed E-state index contributed by atoms with van der Waals surface area (Å²) in [5.74, 6) is 2.06. The van der Waals surface area contributed by atoms with Crippen LogP contribution in [0.5, 0.6) is 0 Å². The summed E-state index contributed by atoms with van der Waals surface area (Å²) in [6.07, 6.45) is 3.34. The average Bonchev–Trinajstić information content (AvgIpc) is 1.81. The molecule has 1 N–H and O–H groups in total. The lowest BCUT2D eigenvalue weighted by molar-refractivity contribution is 0.729. The molecule has 0 rings (SSSR count). The molecule has 0 aliphatic heterocycles. The Morgan fingerprint density at radius 1 is 1.62 bits per heavy atom. The smallest absolute Gasteiger partial charge is 0.129 e. The predicted octanol–water partition coefficient (Wildman–Crippen LogP) is 0.133. The van der Waals surface area contributed by atoms with Gasteiger partial charge in [-0.2, -0.15) is 0 Å². The van der Waals surface area contributed by atoms with E-state index in [2.05, 4.69) is 24.3 Å². The molecule has 0 bridgehead atoms. The van der Waals surface area contributed by atoms with E-state index < -0.39 is 0 Å². The van der Waals surface area contributed by atoms with E-state index in [0.717, 1.165) is 13.1 Å². The summed E-state index contributed by atoms with van der Waals surface area (Å²) in [4.78, 5) is 0. The molecule has 0 aromatic rings. The normalized spacial score (nSPS) is 10.6. The van der Waals surface area contributed by atoms with Crippen molar-refractivity contribution in [3.8, 4) is 0 Å². The SMILES string of the molecule is B/C=C/CNCCC. The molecule has 0 saturated heterocycles. The molecule has 0 atom stereocenters. The number of rotatable bonds is 4. The van der Waals surface area contributed by atoms with Gasteiger partial charge in [0, 0.05) is 6.54 Å². The van der Waals surface area contributed by atoms with Crippen LogP contribution in [-0.2, 0) is 0 Å². The van der Waals surface area contributed by atoms with Crippen molar-refractivity contribution in [2.24, 2.45) is 0 Å². The molecule has 0 amide bonds. The van der Waals surface area contributed by atoms with Gasteiger partial charge in [-0.3, -0.25) is 0 Å². The van der Waals surface area contributed by atoms with Crippen molar-refractivity contribution in [3.05, 3.63) is 12.1 Å². The molecule has 0 aliphatic rings. The fourth-order valence-electron chi connectivity index (χ4n) is 0.480. The van der Waals surface area contributed by atoms with Crippen LogP contribution < -0.4 is 5.32 Å². The molecule has 1 nitrogen and oxygen atoms in total. The molecular formula is C6H14BN. The maximum Gasteiger partial charge on any atom is 0.129 e. The quantitative estimate of drug-likeness (QED) is 0.401. The monoisotopic (exact) mass is 111 g/mol. The standard InChI is InChI=1S/C6H14BN/c1-2-5-8-6-3-4-7/h3-4,8H,2,5-7H2,1H3/b4-3+. The van der Waals surface area contributed by atoms with Gasteiger partial charge in [0.2, 0.25) is 0 Å². The summed E-state index contributed by atoms with van der Waals surface area (Å²) < 4.78 is 0. The molecule has 46 valence electrons. The van der Waals surface area contributed by atoms with Crippen LogP contribution in [0, 0.1) is 0 Å². The van der Waals surface area contributed by atoms with Crippen molar-refractivity contribution in [2.45, 2.75) is 13.3 Å². The molecule has 8 heavy (non-hydrogen) atoms. The van der Waals surface area contributed by atoms with E-state index >= 15 is 0 Å². The summed E-state index contributed by atoms with van der Waals surface area (Å²) in [5.41, 5.74) is 0. The van der Waals surface area contributed by atoms with Crippen molar-refractivity contribution in [1.82, 2.24) is 5.32 Å². The fraction of sp³-hybridized carbons (Fsp3) is 0.667. The minimum Gasteiger partial charge on any atom is -0.313 e. The molecule has 0 unspecified atom stereocenters. The highest BCUT2D eigenvalue weighted by Crippen LogP contribution is 1.69. The second-order valence-corrected chi connectivity index (χ2v) is 1.77. The van der Waals surface area contributed by atoms with Crippen LogP contribution in [-0.4, -0.2) is 20.9 Å². The molecule has 0 heterocycles. The van der Waals surface area contributed by atoms with Crippen molar-refractivity contribution in [1.29, 1.82) is 0 Å². The predicted molar refractivity (Wildman–Crippen MR) is 40.8 cm³/mol. The molecule has 0 aromatic heterocycles. The first kappa shape index (κ1) is 7.76. The van der Waals surface area contributed by atoms with Gasteiger partial charge < -0.3 is 5.32 Å². The molecule has 0 radical (unpaired) electrons. The van der Waals surface area contributed by atoms with Crippen molar-refractivity contribution in [2.75, 3.05) is 13.1 Å². The van der Waals surface area contributed by atoms with Crippen LogP contribution in [0.2, 0.25) is 0 Å². The fourth-order valence-corrected chi connectivity index (χ4v) is 0.480. The Morgan fingerprint density at radius 3 is 2.88 bits per heavy atom. The zero-order valence-electron chi connectivity index (χ0n) is 5.78. The van der Waals surface area contributed by atoms with E-state index in [1.165, 1.54) is 6.42 Å². The molecule has 0 spiro atoms. The van der Waals surface area contributed by atoms with Gasteiger partial charge >= 0.3 is 0 Å². The highest BCUT2D eigenvalue weighted by Gasteiger charge is 1.74. The molecule has 0 saturated carbocycles. The van der Waals surface area contributed by atoms with Gasteiger partial charge in [0.1, 0.15) is 7.85 Å². The van der Waals surface area contributed by atoms with E-state index in [1.807, 2.05) is 7.85 Å². The highest BCUT2D eigenvalue weighted by molar-refractivity contribution is 6.16. The maximum atomic E-state index is 3.25. The van der Waals surface area contributed by atoms with Gasteiger partial charge in [-0.25, -0.2) is 0 Å². The van der Waals surface area contributed by atoms with Crippen molar-refractivity contribution >= 4 is 7.85 Å². The van der Waals surface area contributed by atoms with Gasteiger partial charge in [-0.1, -0.05) is 13.0 Å². The summed E-state index contributed by atoms with van der Waals surface area (Å²) >= 11 is 0. The Bertz CT molecular complexity index is 61.5. The Morgan fingerprint density at radius 2 is 2.38 bits per heavy atom. The molecular weight excluding hydrogens is 96.9 g/mol. The first-order valence-electron chi connectivity index (χ1n) is 3.23. The third-order valence-corrected chi connectivity index (χ3v) is 0.925. The minimum absolute atomic E-state index is 1.02. The van der Waals surface area contributed by atoms with Gasteiger partial charge in [0.05, 0.1) is 0 Å². The van der Waals surface area contributed by atoms with E-state index in [9.17, 15) is 0 Å². The third-order valence-electron chi connectivity index (χ3n) is 0.925. The van der Waals surface area contributed by atoms with E-state index in [-0.39, 0.29) is 0 Å².